The van der Waals surface area contributed by atoms with Gasteiger partial charge in [-0.3, -0.25) is 4.79 Å². The number of carbonyl (C=O) groups is 2. The molecule has 5 rings (SSSR count). The van der Waals surface area contributed by atoms with E-state index in [9.17, 15) is 19.1 Å². The number of pyridine rings is 1. The van der Waals surface area contributed by atoms with Crippen LogP contribution < -0.4 is 0 Å². The van der Waals surface area contributed by atoms with Gasteiger partial charge in [0.05, 0.1) is 22.3 Å². The van der Waals surface area contributed by atoms with Gasteiger partial charge in [-0.2, -0.15) is 0 Å². The van der Waals surface area contributed by atoms with E-state index >= 15 is 0 Å². The van der Waals surface area contributed by atoms with Gasteiger partial charge in [-0.25, -0.2) is 14.2 Å². The number of rotatable bonds is 4. The normalized spacial score (nSPS) is 19.1. The molecule has 1 aromatic carbocycles. The third kappa shape index (κ3) is 3.04. The minimum absolute atomic E-state index is 0.232. The first-order valence-electron chi connectivity index (χ1n) is 9.63. The molecular weight excluding hydrogens is 377 g/mol. The number of aromatic nitrogens is 2. The Hall–Kier alpha value is -3.29. The van der Waals surface area contributed by atoms with Crippen LogP contribution >= 0.6 is 0 Å². The summed E-state index contributed by atoms with van der Waals surface area (Å²) in [6, 6.07) is 6.58. The molecule has 8 heteroatoms. The highest BCUT2D eigenvalue weighted by Gasteiger charge is 2.38. The van der Waals surface area contributed by atoms with Crippen LogP contribution in [0.15, 0.2) is 34.9 Å². The predicted octanol–water partition coefficient (Wildman–Crippen LogP) is 3.60. The van der Waals surface area contributed by atoms with Crippen LogP contribution in [0.25, 0.3) is 22.4 Å². The molecule has 0 spiro atoms. The minimum atomic E-state index is -1.01. The lowest BCUT2D eigenvalue weighted by Gasteiger charge is -2.22. The van der Waals surface area contributed by atoms with Crippen LogP contribution in [0, 0.1) is 5.82 Å². The maximum Gasteiger partial charge on any atom is 0.326 e. The van der Waals surface area contributed by atoms with Gasteiger partial charge in [0, 0.05) is 18.0 Å². The fourth-order valence-corrected chi connectivity index (χ4v) is 3.97. The molecule has 1 N–H and O–H groups in total. The molecule has 0 bridgehead atoms. The van der Waals surface area contributed by atoms with E-state index < -0.39 is 12.0 Å². The van der Waals surface area contributed by atoms with Crippen molar-refractivity contribution in [1.82, 2.24) is 15.0 Å². The molecule has 2 aromatic heterocycles. The Morgan fingerprint density at radius 3 is 2.62 bits per heavy atom. The second-order valence-electron chi connectivity index (χ2n) is 7.58. The highest BCUT2D eigenvalue weighted by molar-refractivity contribution is 6.08. The van der Waals surface area contributed by atoms with Gasteiger partial charge in [0.1, 0.15) is 11.9 Å². The molecule has 29 heavy (non-hydrogen) atoms. The number of carboxylic acids is 1. The van der Waals surface area contributed by atoms with Gasteiger partial charge in [-0.1, -0.05) is 5.16 Å². The zero-order chi connectivity index (χ0) is 20.1. The first kappa shape index (κ1) is 17.8. The van der Waals surface area contributed by atoms with Crippen molar-refractivity contribution in [1.29, 1.82) is 0 Å². The molecule has 2 aliphatic rings. The van der Waals surface area contributed by atoms with Crippen LogP contribution in [0.1, 0.15) is 47.7 Å². The number of hydrogen-bond donors (Lipinski definition) is 1. The third-order valence-electron chi connectivity index (χ3n) is 5.61. The topological polar surface area (TPSA) is 96.5 Å². The number of carboxylic acid groups (broad SMARTS) is 1. The molecule has 1 atom stereocenters. The minimum Gasteiger partial charge on any atom is -0.480 e. The first-order valence-corrected chi connectivity index (χ1v) is 9.63. The van der Waals surface area contributed by atoms with Crippen LogP contribution in [0.2, 0.25) is 0 Å². The number of amides is 1. The fraction of sp³-hybridized carbons (Fsp3) is 0.333. The van der Waals surface area contributed by atoms with E-state index in [0.717, 1.165) is 12.8 Å². The van der Waals surface area contributed by atoms with E-state index in [1.165, 1.54) is 17.0 Å². The van der Waals surface area contributed by atoms with Gasteiger partial charge in [0.25, 0.3) is 11.6 Å². The summed E-state index contributed by atoms with van der Waals surface area (Å²) < 4.78 is 18.8. The molecule has 1 aliphatic carbocycles. The van der Waals surface area contributed by atoms with Crippen LogP contribution in [-0.2, 0) is 4.79 Å². The second kappa shape index (κ2) is 6.65. The summed E-state index contributed by atoms with van der Waals surface area (Å²) in [5.74, 6) is -1.51. The molecule has 1 amide bonds. The molecule has 3 heterocycles. The highest BCUT2D eigenvalue weighted by Crippen LogP contribution is 2.44. The molecular formula is C21H18FN3O4. The third-order valence-corrected chi connectivity index (χ3v) is 5.61. The molecule has 2 fully saturated rings. The van der Waals surface area contributed by atoms with Gasteiger partial charge in [-0.05, 0) is 56.0 Å². The second-order valence-corrected chi connectivity index (χ2v) is 7.58. The quantitative estimate of drug-likeness (QED) is 0.725. The van der Waals surface area contributed by atoms with Crippen molar-refractivity contribution in [2.45, 2.75) is 37.6 Å². The Balaban J connectivity index is 1.67. The molecule has 0 radical (unpaired) electrons. The van der Waals surface area contributed by atoms with Crippen LogP contribution in [0.4, 0.5) is 4.39 Å². The number of fused-ring (bicyclic) bond motifs is 1. The fourth-order valence-electron chi connectivity index (χ4n) is 3.97. The molecule has 0 unspecified atom stereocenters. The SMILES string of the molecule is O=C(O)[C@@H]1CCCN1C(=O)c1cc(-c2ccc(F)cc2)nc2onc(C3CC3)c12. The monoisotopic (exact) mass is 395 g/mol. The Bertz CT molecular complexity index is 1120. The Kier molecular flexibility index (Phi) is 4.08. The number of nitrogens with zero attached hydrogens (tertiary/aromatic N) is 3. The van der Waals surface area contributed by atoms with E-state index in [1.807, 2.05) is 0 Å². The average Bonchev–Trinajstić information content (AvgIpc) is 3.27. The lowest BCUT2D eigenvalue weighted by molar-refractivity contribution is -0.141. The highest BCUT2D eigenvalue weighted by atomic mass is 19.1. The molecule has 1 saturated heterocycles. The number of benzene rings is 1. The summed E-state index contributed by atoms with van der Waals surface area (Å²) in [7, 11) is 0. The van der Waals surface area contributed by atoms with E-state index in [0.29, 0.717) is 47.3 Å². The molecule has 148 valence electrons. The van der Waals surface area contributed by atoms with E-state index in [4.69, 9.17) is 4.52 Å². The standard InChI is InChI=1S/C21H18FN3O4/c22-13-7-5-11(6-8-13)15-10-14(20(26)25-9-1-2-16(25)21(27)28)17-18(12-3-4-12)24-29-19(17)23-15/h5-8,10,12,16H,1-4,9H2,(H,27,28)/t16-/m0/s1. The van der Waals surface area contributed by atoms with E-state index in [-0.39, 0.29) is 23.4 Å². The van der Waals surface area contributed by atoms with Crippen molar-refractivity contribution < 1.29 is 23.6 Å². The van der Waals surface area contributed by atoms with Crippen molar-refractivity contribution in [3.8, 4) is 11.3 Å². The summed E-state index contributed by atoms with van der Waals surface area (Å²) in [5.41, 5.74) is 2.36. The first-order chi connectivity index (χ1) is 14.0. The average molecular weight is 395 g/mol. The van der Waals surface area contributed by atoms with Gasteiger partial charge >= 0.3 is 5.97 Å². The summed E-state index contributed by atoms with van der Waals surface area (Å²) in [5, 5.41) is 14.2. The lowest BCUT2D eigenvalue weighted by atomic mass is 10.0. The van der Waals surface area contributed by atoms with Gasteiger partial charge in [-0.15, -0.1) is 0 Å². The zero-order valence-electron chi connectivity index (χ0n) is 15.5. The Morgan fingerprint density at radius 1 is 1.17 bits per heavy atom. The maximum absolute atomic E-state index is 13.4. The zero-order valence-corrected chi connectivity index (χ0v) is 15.5. The molecule has 3 aromatic rings. The van der Waals surface area contributed by atoms with E-state index in [2.05, 4.69) is 10.1 Å². The molecule has 1 aliphatic heterocycles. The predicted molar refractivity (Wildman–Crippen MR) is 101 cm³/mol. The van der Waals surface area contributed by atoms with Crippen molar-refractivity contribution in [3.05, 3.63) is 47.4 Å². The number of likely N-dealkylation sites (tertiary alicyclic amines) is 1. The summed E-state index contributed by atoms with van der Waals surface area (Å²) >= 11 is 0. The van der Waals surface area contributed by atoms with E-state index in [1.54, 1.807) is 18.2 Å². The number of hydrogen-bond acceptors (Lipinski definition) is 5. The largest absolute Gasteiger partial charge is 0.480 e. The molecule has 1 saturated carbocycles. The lowest BCUT2D eigenvalue weighted by Crippen LogP contribution is -2.40. The van der Waals surface area contributed by atoms with Gasteiger partial charge in [0.2, 0.25) is 0 Å². The maximum atomic E-state index is 13.4. The smallest absolute Gasteiger partial charge is 0.326 e. The number of halogens is 1. The Morgan fingerprint density at radius 2 is 1.93 bits per heavy atom. The molecule has 7 nitrogen and oxygen atoms in total. The van der Waals surface area contributed by atoms with Crippen molar-refractivity contribution in [2.75, 3.05) is 6.54 Å². The van der Waals surface area contributed by atoms with Gasteiger partial charge in [0.15, 0.2) is 0 Å². The summed E-state index contributed by atoms with van der Waals surface area (Å²) in [4.78, 5) is 30.9. The van der Waals surface area contributed by atoms with Gasteiger partial charge < -0.3 is 14.5 Å². The van der Waals surface area contributed by atoms with Crippen molar-refractivity contribution >= 4 is 23.0 Å². The van der Waals surface area contributed by atoms with Crippen molar-refractivity contribution in [3.63, 3.8) is 0 Å². The summed E-state index contributed by atoms with van der Waals surface area (Å²) in [6.07, 6.45) is 3.01. The van der Waals surface area contributed by atoms with Crippen LogP contribution in [0.3, 0.4) is 0 Å². The summed E-state index contributed by atoms with van der Waals surface area (Å²) in [6.45, 7) is 0.384. The van der Waals surface area contributed by atoms with Crippen LogP contribution in [0.5, 0.6) is 0 Å². The Labute approximate surface area is 165 Å². The number of carbonyl (C=O) groups excluding carboxylic acids is 1. The van der Waals surface area contributed by atoms with Crippen LogP contribution in [-0.4, -0.2) is 44.6 Å². The van der Waals surface area contributed by atoms with Crippen molar-refractivity contribution in [2.24, 2.45) is 0 Å². The number of aliphatic carboxylic acids is 1.